The number of carbonyl (C=O) groups excluding carboxylic acids is 1. The Hall–Kier alpha value is -2.64. The lowest BCUT2D eigenvalue weighted by molar-refractivity contribution is -0.117. The van der Waals surface area contributed by atoms with Crippen molar-refractivity contribution in [3.63, 3.8) is 0 Å². The fourth-order valence-corrected chi connectivity index (χ4v) is 3.61. The summed E-state index contributed by atoms with van der Waals surface area (Å²) in [6.07, 6.45) is 4.69. The van der Waals surface area contributed by atoms with Gasteiger partial charge < -0.3 is 10.1 Å². The van der Waals surface area contributed by atoms with Crippen LogP contribution < -0.4 is 14.8 Å². The lowest BCUT2D eigenvalue weighted by Gasteiger charge is -2.12. The van der Waals surface area contributed by atoms with Gasteiger partial charge in [-0.15, -0.1) is 0 Å². The van der Waals surface area contributed by atoms with Crippen molar-refractivity contribution in [2.75, 3.05) is 14.2 Å². The van der Waals surface area contributed by atoms with E-state index < -0.39 is 10.0 Å². The largest absolute Gasteiger partial charge is 0.495 e. The molecule has 0 saturated carbocycles. The summed E-state index contributed by atoms with van der Waals surface area (Å²) in [7, 11) is -0.923. The van der Waals surface area contributed by atoms with Crippen LogP contribution in [0.2, 0.25) is 0 Å². The van der Waals surface area contributed by atoms with Crippen molar-refractivity contribution in [3.8, 4) is 5.75 Å². The first-order valence-corrected chi connectivity index (χ1v) is 10.5. The van der Waals surface area contributed by atoms with Gasteiger partial charge in [-0.3, -0.25) is 4.79 Å². The lowest BCUT2D eigenvalue weighted by atomic mass is 10.1. The molecule has 0 spiro atoms. The van der Waals surface area contributed by atoms with Crippen molar-refractivity contribution in [2.45, 2.75) is 30.7 Å². The predicted octanol–water partition coefficient (Wildman–Crippen LogP) is 2.75. The van der Waals surface area contributed by atoms with Gasteiger partial charge in [-0.2, -0.15) is 0 Å². The molecule has 0 radical (unpaired) electrons. The molecule has 28 heavy (non-hydrogen) atoms. The van der Waals surface area contributed by atoms with E-state index in [0.717, 1.165) is 12.8 Å². The molecule has 150 valence electrons. The highest BCUT2D eigenvalue weighted by atomic mass is 32.2. The van der Waals surface area contributed by atoms with Crippen LogP contribution in [0.3, 0.4) is 0 Å². The standard InChI is InChI=1S/C21H26N2O4S/c1-16(9-10-17-7-5-4-6-8-17)23-21(24)14-12-18-11-13-19(27-3)20(15-18)28(25,26)22-2/h4-8,11-16,22H,9-10H2,1-3H3,(H,23,24)/b14-12+. The van der Waals surface area contributed by atoms with Crippen LogP contribution in [0.4, 0.5) is 0 Å². The molecule has 0 aromatic heterocycles. The molecule has 2 rings (SSSR count). The van der Waals surface area contributed by atoms with E-state index in [-0.39, 0.29) is 22.6 Å². The minimum atomic E-state index is -3.66. The molecule has 7 heteroatoms. The van der Waals surface area contributed by atoms with Gasteiger partial charge in [-0.25, -0.2) is 13.1 Å². The summed E-state index contributed by atoms with van der Waals surface area (Å²) >= 11 is 0. The zero-order chi connectivity index (χ0) is 20.6. The van der Waals surface area contributed by atoms with Crippen LogP contribution in [0.15, 0.2) is 59.5 Å². The molecule has 0 saturated heterocycles. The van der Waals surface area contributed by atoms with Crippen molar-refractivity contribution >= 4 is 22.0 Å². The van der Waals surface area contributed by atoms with Crippen LogP contribution in [-0.2, 0) is 21.2 Å². The Balaban J connectivity index is 1.98. The summed E-state index contributed by atoms with van der Waals surface area (Å²) in [6.45, 7) is 1.96. The van der Waals surface area contributed by atoms with Crippen LogP contribution >= 0.6 is 0 Å². The van der Waals surface area contributed by atoms with E-state index in [9.17, 15) is 13.2 Å². The van der Waals surface area contributed by atoms with Crippen LogP contribution in [0.25, 0.3) is 6.08 Å². The fourth-order valence-electron chi connectivity index (χ4n) is 2.68. The summed E-state index contributed by atoms with van der Waals surface area (Å²) in [5.41, 5.74) is 1.82. The smallest absolute Gasteiger partial charge is 0.244 e. The Kier molecular flexibility index (Phi) is 7.78. The molecule has 1 amide bonds. The number of rotatable bonds is 9. The third-order valence-corrected chi connectivity index (χ3v) is 5.71. The molecule has 2 N–H and O–H groups in total. The highest BCUT2D eigenvalue weighted by molar-refractivity contribution is 7.89. The molecule has 0 fully saturated rings. The molecule has 0 aliphatic heterocycles. The average Bonchev–Trinajstić information content (AvgIpc) is 2.71. The van der Waals surface area contributed by atoms with E-state index in [4.69, 9.17) is 4.74 Å². The van der Waals surface area contributed by atoms with E-state index >= 15 is 0 Å². The molecule has 2 aromatic rings. The lowest BCUT2D eigenvalue weighted by Crippen LogP contribution is -2.31. The number of sulfonamides is 1. The summed E-state index contributed by atoms with van der Waals surface area (Å²) in [5, 5.41) is 2.92. The molecule has 6 nitrogen and oxygen atoms in total. The Bertz CT molecular complexity index is 925. The minimum Gasteiger partial charge on any atom is -0.495 e. The Labute approximate surface area is 166 Å². The van der Waals surface area contributed by atoms with Crippen LogP contribution in [-0.4, -0.2) is 34.5 Å². The number of amides is 1. The van der Waals surface area contributed by atoms with Gasteiger partial charge in [0, 0.05) is 12.1 Å². The predicted molar refractivity (Wildman–Crippen MR) is 111 cm³/mol. The van der Waals surface area contributed by atoms with Crippen molar-refractivity contribution in [2.24, 2.45) is 0 Å². The molecule has 1 unspecified atom stereocenters. The molecular weight excluding hydrogens is 376 g/mol. The quantitative estimate of drug-likeness (QED) is 0.632. The number of ether oxygens (including phenoxy) is 1. The van der Waals surface area contributed by atoms with Gasteiger partial charge in [0.2, 0.25) is 15.9 Å². The molecule has 1 atom stereocenters. The molecule has 0 aliphatic carbocycles. The third kappa shape index (κ3) is 6.21. The second-order valence-electron chi connectivity index (χ2n) is 6.39. The second kappa shape index (κ2) is 10.1. The van der Waals surface area contributed by atoms with Crippen LogP contribution in [0.1, 0.15) is 24.5 Å². The third-order valence-electron chi connectivity index (χ3n) is 4.27. The summed E-state index contributed by atoms with van der Waals surface area (Å²) in [5.74, 6) is 0.0138. The van der Waals surface area contributed by atoms with Crippen molar-refractivity contribution in [1.29, 1.82) is 0 Å². The summed E-state index contributed by atoms with van der Waals surface area (Å²) in [6, 6.07) is 14.8. The molecule has 0 aliphatic rings. The molecular formula is C21H26N2O4S. The van der Waals surface area contributed by atoms with Gasteiger partial charge in [0.05, 0.1) is 7.11 Å². The van der Waals surface area contributed by atoms with Gasteiger partial charge >= 0.3 is 0 Å². The average molecular weight is 403 g/mol. The highest BCUT2D eigenvalue weighted by Crippen LogP contribution is 2.25. The van der Waals surface area contributed by atoms with Gasteiger partial charge in [0.1, 0.15) is 10.6 Å². The van der Waals surface area contributed by atoms with Crippen molar-refractivity contribution < 1.29 is 17.9 Å². The van der Waals surface area contributed by atoms with E-state index in [0.29, 0.717) is 5.56 Å². The zero-order valence-corrected chi connectivity index (χ0v) is 17.1. The van der Waals surface area contributed by atoms with Crippen LogP contribution in [0, 0.1) is 0 Å². The molecule has 0 heterocycles. The van der Waals surface area contributed by atoms with E-state index in [2.05, 4.69) is 22.2 Å². The number of methoxy groups -OCH3 is 1. The first-order chi connectivity index (χ1) is 13.4. The number of hydrogen-bond acceptors (Lipinski definition) is 4. The first kappa shape index (κ1) is 21.7. The molecule has 0 bridgehead atoms. The van der Waals surface area contributed by atoms with Gasteiger partial charge in [0.15, 0.2) is 0 Å². The minimum absolute atomic E-state index is 0.0217. The highest BCUT2D eigenvalue weighted by Gasteiger charge is 2.17. The van der Waals surface area contributed by atoms with E-state index in [1.807, 2.05) is 25.1 Å². The van der Waals surface area contributed by atoms with Crippen molar-refractivity contribution in [3.05, 3.63) is 65.7 Å². The summed E-state index contributed by atoms with van der Waals surface area (Å²) < 4.78 is 31.6. The summed E-state index contributed by atoms with van der Waals surface area (Å²) in [4.78, 5) is 12.2. The van der Waals surface area contributed by atoms with Gasteiger partial charge in [-0.05, 0) is 56.1 Å². The Morgan fingerprint density at radius 1 is 1.18 bits per heavy atom. The fraction of sp³-hybridized carbons (Fsp3) is 0.286. The molecule has 2 aromatic carbocycles. The van der Waals surface area contributed by atoms with Gasteiger partial charge in [-0.1, -0.05) is 36.4 Å². The monoisotopic (exact) mass is 402 g/mol. The number of nitrogens with one attached hydrogen (secondary N) is 2. The maximum Gasteiger partial charge on any atom is 0.244 e. The van der Waals surface area contributed by atoms with E-state index in [1.165, 1.54) is 31.9 Å². The van der Waals surface area contributed by atoms with Crippen molar-refractivity contribution in [1.82, 2.24) is 10.0 Å². The normalized spacial score (nSPS) is 12.7. The number of carbonyl (C=O) groups is 1. The SMILES string of the molecule is CNS(=O)(=O)c1cc(/C=C/C(=O)NC(C)CCc2ccccc2)ccc1OC. The number of aryl methyl sites for hydroxylation is 1. The van der Waals surface area contributed by atoms with Crippen LogP contribution in [0.5, 0.6) is 5.75 Å². The zero-order valence-electron chi connectivity index (χ0n) is 16.3. The Morgan fingerprint density at radius 3 is 2.54 bits per heavy atom. The maximum absolute atomic E-state index is 12.1. The first-order valence-electron chi connectivity index (χ1n) is 9.00. The number of benzene rings is 2. The maximum atomic E-state index is 12.1. The second-order valence-corrected chi connectivity index (χ2v) is 8.24. The van der Waals surface area contributed by atoms with E-state index in [1.54, 1.807) is 18.2 Å². The topological polar surface area (TPSA) is 84.5 Å². The Morgan fingerprint density at radius 2 is 1.89 bits per heavy atom. The van der Waals surface area contributed by atoms with Gasteiger partial charge in [0.25, 0.3) is 0 Å². The number of hydrogen-bond donors (Lipinski definition) is 2.